The van der Waals surface area contributed by atoms with E-state index < -0.39 is 0 Å². The molecule has 2 atom stereocenters. The first-order valence-electron chi connectivity index (χ1n) is 6.82. The summed E-state index contributed by atoms with van der Waals surface area (Å²) in [6, 6.07) is 4.57. The molecule has 1 aliphatic rings. The van der Waals surface area contributed by atoms with Gasteiger partial charge in [-0.2, -0.15) is 0 Å². The van der Waals surface area contributed by atoms with Crippen LogP contribution in [0.5, 0.6) is 5.75 Å². The molecule has 1 heterocycles. The van der Waals surface area contributed by atoms with Crippen LogP contribution in [0.2, 0.25) is 0 Å². The standard InChI is InChI=1S/C15H22BrNO2/c1-4-17-15(11-5-6-19-9-11)12-8-13(16)10(2)7-14(12)18-3/h7-8,11,15,17H,4-6,9H2,1-3H3. The van der Waals surface area contributed by atoms with Gasteiger partial charge in [0.25, 0.3) is 0 Å². The van der Waals surface area contributed by atoms with Crippen LogP contribution in [0.4, 0.5) is 0 Å². The second kappa shape index (κ2) is 6.73. The van der Waals surface area contributed by atoms with Crippen molar-refractivity contribution in [2.24, 2.45) is 5.92 Å². The Morgan fingerprint density at radius 1 is 1.53 bits per heavy atom. The van der Waals surface area contributed by atoms with Gasteiger partial charge in [-0.1, -0.05) is 22.9 Å². The molecule has 0 aliphatic carbocycles. The Labute approximate surface area is 123 Å². The summed E-state index contributed by atoms with van der Waals surface area (Å²) in [6.07, 6.45) is 1.10. The Morgan fingerprint density at radius 2 is 2.32 bits per heavy atom. The molecule has 2 rings (SSSR count). The molecule has 4 heteroatoms. The van der Waals surface area contributed by atoms with Crippen molar-refractivity contribution < 1.29 is 9.47 Å². The summed E-state index contributed by atoms with van der Waals surface area (Å²) >= 11 is 3.62. The SMILES string of the molecule is CCNC(c1cc(Br)c(C)cc1OC)C1CCOC1. The van der Waals surface area contributed by atoms with Gasteiger partial charge in [0.1, 0.15) is 5.75 Å². The van der Waals surface area contributed by atoms with Crippen LogP contribution in [0, 0.1) is 12.8 Å². The van der Waals surface area contributed by atoms with Crippen LogP contribution in [0.25, 0.3) is 0 Å². The van der Waals surface area contributed by atoms with E-state index in [1.54, 1.807) is 7.11 Å². The Bertz CT molecular complexity index is 430. The van der Waals surface area contributed by atoms with Crippen LogP contribution < -0.4 is 10.1 Å². The molecule has 1 aromatic rings. The van der Waals surface area contributed by atoms with Crippen molar-refractivity contribution in [2.45, 2.75) is 26.3 Å². The Kier molecular flexibility index (Phi) is 5.25. The van der Waals surface area contributed by atoms with E-state index in [0.717, 1.165) is 36.4 Å². The van der Waals surface area contributed by atoms with Gasteiger partial charge in [-0.3, -0.25) is 0 Å². The lowest BCUT2D eigenvalue weighted by molar-refractivity contribution is 0.176. The zero-order chi connectivity index (χ0) is 13.8. The van der Waals surface area contributed by atoms with Gasteiger partial charge in [-0.15, -0.1) is 0 Å². The first kappa shape index (κ1) is 14.8. The first-order valence-corrected chi connectivity index (χ1v) is 7.61. The maximum Gasteiger partial charge on any atom is 0.123 e. The number of aryl methyl sites for hydroxylation is 1. The van der Waals surface area contributed by atoms with E-state index in [4.69, 9.17) is 9.47 Å². The molecule has 1 fully saturated rings. The maximum atomic E-state index is 5.57. The van der Waals surface area contributed by atoms with E-state index in [0.29, 0.717) is 12.0 Å². The number of hydrogen-bond acceptors (Lipinski definition) is 3. The lowest BCUT2D eigenvalue weighted by Crippen LogP contribution is -2.29. The van der Waals surface area contributed by atoms with E-state index in [2.05, 4.69) is 47.2 Å². The second-order valence-corrected chi connectivity index (χ2v) is 5.86. The fourth-order valence-corrected chi connectivity index (χ4v) is 3.02. The predicted molar refractivity (Wildman–Crippen MR) is 80.8 cm³/mol. The molecule has 1 N–H and O–H groups in total. The minimum absolute atomic E-state index is 0.291. The molecule has 1 aromatic carbocycles. The topological polar surface area (TPSA) is 30.5 Å². The summed E-state index contributed by atoms with van der Waals surface area (Å²) < 4.78 is 12.2. The predicted octanol–water partition coefficient (Wildman–Crippen LogP) is 3.45. The highest BCUT2D eigenvalue weighted by Crippen LogP contribution is 2.37. The zero-order valence-corrected chi connectivity index (χ0v) is 13.4. The number of nitrogens with one attached hydrogen (secondary N) is 1. The van der Waals surface area contributed by atoms with Crippen LogP contribution in [-0.4, -0.2) is 26.9 Å². The van der Waals surface area contributed by atoms with E-state index in [-0.39, 0.29) is 0 Å². The van der Waals surface area contributed by atoms with E-state index in [9.17, 15) is 0 Å². The fourth-order valence-electron chi connectivity index (χ4n) is 2.66. The van der Waals surface area contributed by atoms with Crippen molar-refractivity contribution in [1.29, 1.82) is 0 Å². The highest BCUT2D eigenvalue weighted by molar-refractivity contribution is 9.10. The van der Waals surface area contributed by atoms with Crippen LogP contribution in [0.1, 0.15) is 30.5 Å². The molecule has 1 aliphatic heterocycles. The highest BCUT2D eigenvalue weighted by Gasteiger charge is 2.28. The third kappa shape index (κ3) is 3.30. The van der Waals surface area contributed by atoms with E-state index >= 15 is 0 Å². The number of benzene rings is 1. The van der Waals surface area contributed by atoms with Gasteiger partial charge in [0.05, 0.1) is 13.7 Å². The number of ether oxygens (including phenoxy) is 2. The van der Waals surface area contributed by atoms with Crippen LogP contribution in [0.15, 0.2) is 16.6 Å². The molecule has 0 saturated carbocycles. The summed E-state index contributed by atoms with van der Waals surface area (Å²) in [6.45, 7) is 6.85. The lowest BCUT2D eigenvalue weighted by Gasteiger charge is -2.26. The van der Waals surface area contributed by atoms with Crippen molar-refractivity contribution in [3.05, 3.63) is 27.7 Å². The van der Waals surface area contributed by atoms with E-state index in [1.807, 2.05) is 0 Å². The van der Waals surface area contributed by atoms with Gasteiger partial charge in [-0.05, 0) is 37.6 Å². The maximum absolute atomic E-state index is 5.57. The molecular formula is C15H22BrNO2. The molecule has 106 valence electrons. The van der Waals surface area contributed by atoms with Gasteiger partial charge >= 0.3 is 0 Å². The summed E-state index contributed by atoms with van der Waals surface area (Å²) in [5, 5.41) is 3.58. The van der Waals surface area contributed by atoms with Gasteiger partial charge in [-0.25, -0.2) is 0 Å². The zero-order valence-electron chi connectivity index (χ0n) is 11.8. The van der Waals surface area contributed by atoms with Crippen molar-refractivity contribution in [2.75, 3.05) is 26.9 Å². The Hall–Kier alpha value is -0.580. The van der Waals surface area contributed by atoms with Crippen molar-refractivity contribution in [3.8, 4) is 5.75 Å². The average Bonchev–Trinajstić information content (AvgIpc) is 2.92. The molecule has 0 aromatic heterocycles. The molecular weight excluding hydrogens is 306 g/mol. The number of methoxy groups -OCH3 is 1. The fraction of sp³-hybridized carbons (Fsp3) is 0.600. The van der Waals surface area contributed by atoms with E-state index in [1.165, 1.54) is 11.1 Å². The van der Waals surface area contributed by atoms with Crippen LogP contribution in [0.3, 0.4) is 0 Å². The minimum Gasteiger partial charge on any atom is -0.496 e. The quantitative estimate of drug-likeness (QED) is 0.898. The van der Waals surface area contributed by atoms with Crippen molar-refractivity contribution in [3.63, 3.8) is 0 Å². The number of hydrogen-bond donors (Lipinski definition) is 1. The highest BCUT2D eigenvalue weighted by atomic mass is 79.9. The Balaban J connectivity index is 2.36. The monoisotopic (exact) mass is 327 g/mol. The van der Waals surface area contributed by atoms with Gasteiger partial charge in [0.2, 0.25) is 0 Å². The largest absolute Gasteiger partial charge is 0.496 e. The molecule has 0 spiro atoms. The lowest BCUT2D eigenvalue weighted by atomic mass is 9.91. The summed E-state index contributed by atoms with van der Waals surface area (Å²) in [4.78, 5) is 0. The molecule has 0 amide bonds. The summed E-state index contributed by atoms with van der Waals surface area (Å²) in [7, 11) is 1.74. The van der Waals surface area contributed by atoms with Gasteiger partial charge < -0.3 is 14.8 Å². The number of halogens is 1. The molecule has 1 saturated heterocycles. The van der Waals surface area contributed by atoms with Gasteiger partial charge in [0, 0.05) is 28.6 Å². The number of rotatable bonds is 5. The average molecular weight is 328 g/mol. The molecule has 3 nitrogen and oxygen atoms in total. The summed E-state index contributed by atoms with van der Waals surface area (Å²) in [5.74, 6) is 1.47. The third-order valence-electron chi connectivity index (χ3n) is 3.71. The van der Waals surface area contributed by atoms with Crippen molar-refractivity contribution in [1.82, 2.24) is 5.32 Å². The van der Waals surface area contributed by atoms with Crippen LogP contribution in [-0.2, 0) is 4.74 Å². The second-order valence-electron chi connectivity index (χ2n) is 5.00. The minimum atomic E-state index is 0.291. The normalized spacial score (nSPS) is 20.5. The van der Waals surface area contributed by atoms with Crippen LogP contribution >= 0.6 is 15.9 Å². The molecule has 0 bridgehead atoms. The molecule has 2 unspecified atom stereocenters. The molecule has 19 heavy (non-hydrogen) atoms. The Morgan fingerprint density at radius 3 is 2.89 bits per heavy atom. The smallest absolute Gasteiger partial charge is 0.123 e. The first-order chi connectivity index (χ1) is 9.17. The summed E-state index contributed by atoms with van der Waals surface area (Å²) in [5.41, 5.74) is 2.41. The molecule has 0 radical (unpaired) electrons. The van der Waals surface area contributed by atoms with Crippen molar-refractivity contribution >= 4 is 15.9 Å². The third-order valence-corrected chi connectivity index (χ3v) is 4.56. The van der Waals surface area contributed by atoms with Gasteiger partial charge in [0.15, 0.2) is 0 Å².